The van der Waals surface area contributed by atoms with Crippen molar-refractivity contribution in [3.8, 4) is 0 Å². The van der Waals surface area contributed by atoms with E-state index in [0.29, 0.717) is 24.6 Å². The lowest BCUT2D eigenvalue weighted by atomic mass is 9.83. The van der Waals surface area contributed by atoms with Gasteiger partial charge in [0.25, 0.3) is 0 Å². The Morgan fingerprint density at radius 1 is 1.07 bits per heavy atom. The van der Waals surface area contributed by atoms with E-state index in [1.54, 1.807) is 19.2 Å². The maximum absolute atomic E-state index is 13.1. The number of carbonyl (C=O) groups is 2. The number of ketones is 1. The van der Waals surface area contributed by atoms with Crippen LogP contribution in [0.25, 0.3) is 0 Å². The summed E-state index contributed by atoms with van der Waals surface area (Å²) in [5.74, 6) is 0.738. The summed E-state index contributed by atoms with van der Waals surface area (Å²) in [6.45, 7) is 3.49. The van der Waals surface area contributed by atoms with Crippen LogP contribution in [-0.4, -0.2) is 56.0 Å². The molecule has 2 fully saturated rings. The Morgan fingerprint density at radius 3 is 2.37 bits per heavy atom. The molecule has 0 radical (unpaired) electrons. The molecule has 1 aromatic rings. The third-order valence-electron chi connectivity index (χ3n) is 6.69. The van der Waals surface area contributed by atoms with Crippen LogP contribution < -0.4 is 5.32 Å². The summed E-state index contributed by atoms with van der Waals surface area (Å²) in [6, 6.07) is 6.24. The zero-order valence-electron chi connectivity index (χ0n) is 18.1. The van der Waals surface area contributed by atoms with Gasteiger partial charge in [0.1, 0.15) is 5.82 Å². The number of amides is 1. The maximum atomic E-state index is 13.1. The van der Waals surface area contributed by atoms with Gasteiger partial charge in [-0.2, -0.15) is 0 Å². The molecule has 1 N–H and O–H groups in total. The SMILES string of the molecule is COCCC(=O)NC1CCC(CCN2CCC(C(=O)c3ccc(F)cc3)CC2)CC1. The Bertz CT molecular complexity index is 678. The van der Waals surface area contributed by atoms with Gasteiger partial charge in [-0.05, 0) is 94.8 Å². The van der Waals surface area contributed by atoms with Crippen molar-refractivity contribution in [2.45, 2.75) is 57.4 Å². The Hall–Kier alpha value is -1.79. The lowest BCUT2D eigenvalue weighted by Crippen LogP contribution is -2.39. The minimum Gasteiger partial charge on any atom is -0.384 e. The highest BCUT2D eigenvalue weighted by molar-refractivity contribution is 5.97. The standard InChI is InChI=1S/C24H35FN2O3/c1-30-17-13-23(28)26-22-8-2-18(3-9-22)10-14-27-15-11-20(12-16-27)24(29)19-4-6-21(25)7-5-19/h4-7,18,20,22H,2-3,8-17H2,1H3,(H,26,28). The first-order chi connectivity index (χ1) is 14.5. The van der Waals surface area contributed by atoms with Crippen molar-refractivity contribution < 1.29 is 18.7 Å². The summed E-state index contributed by atoms with van der Waals surface area (Å²) in [5.41, 5.74) is 0.626. The van der Waals surface area contributed by atoms with Gasteiger partial charge in [-0.25, -0.2) is 4.39 Å². The van der Waals surface area contributed by atoms with Crippen molar-refractivity contribution in [3.63, 3.8) is 0 Å². The van der Waals surface area contributed by atoms with E-state index >= 15 is 0 Å². The highest BCUT2D eigenvalue weighted by Crippen LogP contribution is 2.28. The quantitative estimate of drug-likeness (QED) is 0.620. The molecule has 0 spiro atoms. The summed E-state index contributed by atoms with van der Waals surface area (Å²) in [4.78, 5) is 26.9. The van der Waals surface area contributed by atoms with Crippen molar-refractivity contribution >= 4 is 11.7 Å². The van der Waals surface area contributed by atoms with Gasteiger partial charge >= 0.3 is 0 Å². The number of carbonyl (C=O) groups excluding carboxylic acids is 2. The first-order valence-corrected chi connectivity index (χ1v) is 11.4. The van der Waals surface area contributed by atoms with Crippen molar-refractivity contribution in [1.82, 2.24) is 10.2 Å². The van der Waals surface area contributed by atoms with Gasteiger partial charge in [-0.15, -0.1) is 0 Å². The molecule has 0 bridgehead atoms. The number of nitrogens with zero attached hydrogens (tertiary/aromatic N) is 1. The molecule has 0 aromatic heterocycles. The van der Waals surface area contributed by atoms with E-state index < -0.39 is 0 Å². The Morgan fingerprint density at radius 2 is 1.73 bits per heavy atom. The summed E-state index contributed by atoms with van der Waals surface area (Å²) in [5, 5.41) is 3.13. The lowest BCUT2D eigenvalue weighted by Gasteiger charge is -2.34. The molecule has 1 aliphatic carbocycles. The van der Waals surface area contributed by atoms with Crippen LogP contribution in [0.15, 0.2) is 24.3 Å². The number of nitrogens with one attached hydrogen (secondary N) is 1. The van der Waals surface area contributed by atoms with Crippen LogP contribution in [0.4, 0.5) is 4.39 Å². The molecule has 30 heavy (non-hydrogen) atoms. The Kier molecular flexibility index (Phi) is 8.82. The Labute approximate surface area is 179 Å². The fraction of sp³-hybridized carbons (Fsp3) is 0.667. The molecule has 1 amide bonds. The van der Waals surface area contributed by atoms with E-state index in [4.69, 9.17) is 4.74 Å². The van der Waals surface area contributed by atoms with Crippen molar-refractivity contribution in [1.29, 1.82) is 0 Å². The van der Waals surface area contributed by atoms with Gasteiger partial charge in [0, 0.05) is 31.1 Å². The fourth-order valence-corrected chi connectivity index (χ4v) is 4.72. The number of hydrogen-bond acceptors (Lipinski definition) is 4. The lowest BCUT2D eigenvalue weighted by molar-refractivity contribution is -0.122. The van der Waals surface area contributed by atoms with Crippen molar-refractivity contribution in [2.75, 3.05) is 33.4 Å². The number of benzene rings is 1. The number of halogens is 1. The Balaban J connectivity index is 1.31. The molecular weight excluding hydrogens is 383 g/mol. The van der Waals surface area contributed by atoms with E-state index in [0.717, 1.165) is 51.2 Å². The van der Waals surface area contributed by atoms with Crippen LogP contribution in [0.2, 0.25) is 0 Å². The summed E-state index contributed by atoms with van der Waals surface area (Å²) >= 11 is 0. The number of rotatable bonds is 9. The smallest absolute Gasteiger partial charge is 0.222 e. The third-order valence-corrected chi connectivity index (χ3v) is 6.69. The average molecular weight is 419 g/mol. The number of ether oxygens (including phenoxy) is 1. The van der Waals surface area contributed by atoms with Crippen molar-refractivity contribution in [3.05, 3.63) is 35.6 Å². The second-order valence-electron chi connectivity index (χ2n) is 8.80. The molecule has 1 saturated heterocycles. The van der Waals surface area contributed by atoms with Crippen LogP contribution in [0.1, 0.15) is 61.7 Å². The monoisotopic (exact) mass is 418 g/mol. The van der Waals surface area contributed by atoms with Crippen LogP contribution in [0.5, 0.6) is 0 Å². The molecule has 3 rings (SSSR count). The van der Waals surface area contributed by atoms with Gasteiger partial charge in [0.05, 0.1) is 6.61 Å². The predicted molar refractivity (Wildman–Crippen MR) is 115 cm³/mol. The van der Waals surface area contributed by atoms with Gasteiger partial charge < -0.3 is 15.0 Å². The van der Waals surface area contributed by atoms with E-state index in [2.05, 4.69) is 10.2 Å². The normalized spacial score (nSPS) is 23.3. The van der Waals surface area contributed by atoms with E-state index in [-0.39, 0.29) is 23.4 Å². The van der Waals surface area contributed by atoms with Crippen LogP contribution in [0, 0.1) is 17.7 Å². The summed E-state index contributed by atoms with van der Waals surface area (Å²) in [7, 11) is 1.62. The molecule has 1 saturated carbocycles. The minimum absolute atomic E-state index is 0.0591. The molecule has 0 atom stereocenters. The molecule has 1 aromatic carbocycles. The highest BCUT2D eigenvalue weighted by Gasteiger charge is 2.27. The molecule has 6 heteroatoms. The highest BCUT2D eigenvalue weighted by atomic mass is 19.1. The van der Waals surface area contributed by atoms with Crippen LogP contribution >= 0.6 is 0 Å². The predicted octanol–water partition coefficient (Wildman–Crippen LogP) is 3.82. The molecule has 1 heterocycles. The largest absolute Gasteiger partial charge is 0.384 e. The molecular formula is C24H35FN2O3. The maximum Gasteiger partial charge on any atom is 0.222 e. The van der Waals surface area contributed by atoms with Gasteiger partial charge in [0.2, 0.25) is 5.91 Å². The van der Waals surface area contributed by atoms with E-state index in [1.165, 1.54) is 31.4 Å². The van der Waals surface area contributed by atoms with Crippen LogP contribution in [-0.2, 0) is 9.53 Å². The number of piperidine rings is 1. The number of likely N-dealkylation sites (tertiary alicyclic amines) is 1. The van der Waals surface area contributed by atoms with Crippen molar-refractivity contribution in [2.24, 2.45) is 11.8 Å². The average Bonchev–Trinajstić information content (AvgIpc) is 2.77. The first-order valence-electron chi connectivity index (χ1n) is 11.4. The second-order valence-corrected chi connectivity index (χ2v) is 8.80. The van der Waals surface area contributed by atoms with Crippen LogP contribution in [0.3, 0.4) is 0 Å². The second kappa shape index (κ2) is 11.6. The topological polar surface area (TPSA) is 58.6 Å². The van der Waals surface area contributed by atoms with E-state index in [9.17, 15) is 14.0 Å². The minimum atomic E-state index is -0.302. The molecule has 0 unspecified atom stereocenters. The number of hydrogen-bond donors (Lipinski definition) is 1. The zero-order chi connectivity index (χ0) is 21.3. The van der Waals surface area contributed by atoms with E-state index in [1.807, 2.05) is 0 Å². The third kappa shape index (κ3) is 6.88. The summed E-state index contributed by atoms with van der Waals surface area (Å²) in [6.07, 6.45) is 7.89. The number of Topliss-reactive ketones (excluding diaryl/α,β-unsaturated/α-hetero) is 1. The van der Waals surface area contributed by atoms with Gasteiger partial charge in [-0.3, -0.25) is 9.59 Å². The molecule has 166 valence electrons. The summed E-state index contributed by atoms with van der Waals surface area (Å²) < 4.78 is 18.0. The molecule has 1 aliphatic heterocycles. The zero-order valence-corrected chi connectivity index (χ0v) is 18.1. The first kappa shape index (κ1) is 22.9. The molecule has 5 nitrogen and oxygen atoms in total. The van der Waals surface area contributed by atoms with Gasteiger partial charge in [0.15, 0.2) is 5.78 Å². The van der Waals surface area contributed by atoms with Gasteiger partial charge in [-0.1, -0.05) is 0 Å². The number of methoxy groups -OCH3 is 1. The molecule has 2 aliphatic rings. The fourth-order valence-electron chi connectivity index (χ4n) is 4.72.